The number of hydrogen-bond acceptors (Lipinski definition) is 3. The molecule has 36 heavy (non-hydrogen) atoms. The van der Waals surface area contributed by atoms with Crippen LogP contribution in [-0.2, 0) is 17.5 Å². The number of amides is 2. The second-order valence-electron chi connectivity index (χ2n) is 10.1. The van der Waals surface area contributed by atoms with E-state index in [2.05, 4.69) is 0 Å². The van der Waals surface area contributed by atoms with Gasteiger partial charge in [0.15, 0.2) is 0 Å². The number of carbonyl (C=O) groups is 2. The van der Waals surface area contributed by atoms with Gasteiger partial charge in [0.2, 0.25) is 0 Å². The highest BCUT2D eigenvalue weighted by Gasteiger charge is 2.38. The lowest BCUT2D eigenvalue weighted by Gasteiger charge is -2.36. The molecule has 3 aliphatic rings. The molecule has 2 aromatic carbocycles. The Balaban J connectivity index is 1.28. The van der Waals surface area contributed by atoms with Gasteiger partial charge in [0, 0.05) is 44.1 Å². The van der Waals surface area contributed by atoms with Crippen molar-refractivity contribution in [2.75, 3.05) is 36.0 Å². The van der Waals surface area contributed by atoms with Crippen LogP contribution in [0.4, 0.5) is 29.3 Å². The average molecular weight is 502 g/mol. The summed E-state index contributed by atoms with van der Waals surface area (Å²) in [7, 11) is 0. The minimum Gasteiger partial charge on any atom is -0.481 e. The monoisotopic (exact) mass is 501 g/mol. The zero-order valence-corrected chi connectivity index (χ0v) is 20.0. The predicted molar refractivity (Wildman–Crippen MR) is 130 cm³/mol. The number of urea groups is 1. The third-order valence-corrected chi connectivity index (χ3v) is 7.67. The smallest absolute Gasteiger partial charge is 0.416 e. The van der Waals surface area contributed by atoms with E-state index in [0.29, 0.717) is 44.0 Å². The van der Waals surface area contributed by atoms with Crippen molar-refractivity contribution >= 4 is 23.4 Å². The summed E-state index contributed by atoms with van der Waals surface area (Å²) in [5.74, 6) is -1.17. The second kappa shape index (κ2) is 9.76. The highest BCUT2D eigenvalue weighted by atomic mass is 19.4. The Morgan fingerprint density at radius 3 is 2.14 bits per heavy atom. The summed E-state index contributed by atoms with van der Waals surface area (Å²) in [6, 6.07) is 11.5. The Hall–Kier alpha value is -3.07. The summed E-state index contributed by atoms with van der Waals surface area (Å²) >= 11 is 0. The van der Waals surface area contributed by atoms with Gasteiger partial charge in [0.05, 0.1) is 11.5 Å². The number of anilines is 2. The summed E-state index contributed by atoms with van der Waals surface area (Å²) in [6.07, 6.45) is 0.0336. The van der Waals surface area contributed by atoms with Crippen LogP contribution in [0.15, 0.2) is 42.5 Å². The van der Waals surface area contributed by atoms with Crippen molar-refractivity contribution in [3.05, 3.63) is 59.2 Å². The highest BCUT2D eigenvalue weighted by Crippen LogP contribution is 2.42. The van der Waals surface area contributed by atoms with E-state index in [0.717, 1.165) is 43.7 Å². The number of halogens is 3. The van der Waals surface area contributed by atoms with Gasteiger partial charge in [-0.3, -0.25) is 19.5 Å². The van der Waals surface area contributed by atoms with E-state index in [1.54, 1.807) is 17.0 Å². The molecule has 192 valence electrons. The quantitative estimate of drug-likeness (QED) is 0.550. The third-order valence-electron chi connectivity index (χ3n) is 7.67. The summed E-state index contributed by atoms with van der Waals surface area (Å²) in [5, 5.41) is 9.01. The van der Waals surface area contributed by atoms with Crippen LogP contribution in [0, 0.1) is 5.92 Å². The molecule has 1 aliphatic carbocycles. The normalized spacial score (nSPS) is 20.1. The Morgan fingerprint density at radius 1 is 0.917 bits per heavy atom. The maximum Gasteiger partial charge on any atom is 0.416 e. The van der Waals surface area contributed by atoms with Crippen molar-refractivity contribution in [3.63, 3.8) is 0 Å². The molecule has 1 N–H and O–H groups in total. The molecule has 0 spiro atoms. The molecule has 5 rings (SSSR count). The first-order chi connectivity index (χ1) is 17.2. The lowest BCUT2D eigenvalue weighted by molar-refractivity contribution is -0.147. The van der Waals surface area contributed by atoms with Crippen LogP contribution in [0.25, 0.3) is 0 Å². The Morgan fingerprint density at radius 2 is 1.53 bits per heavy atom. The van der Waals surface area contributed by atoms with Crippen LogP contribution in [0.1, 0.15) is 54.7 Å². The average Bonchev–Trinajstić information content (AvgIpc) is 3.22. The van der Waals surface area contributed by atoms with Gasteiger partial charge in [0.1, 0.15) is 0 Å². The molecule has 6 nitrogen and oxygen atoms in total. The number of benzene rings is 2. The number of likely N-dealkylation sites (tertiary alicyclic amines) is 1. The molecule has 2 aromatic rings. The van der Waals surface area contributed by atoms with Crippen molar-refractivity contribution in [3.8, 4) is 0 Å². The van der Waals surface area contributed by atoms with Crippen LogP contribution >= 0.6 is 0 Å². The van der Waals surface area contributed by atoms with Gasteiger partial charge in [0.25, 0.3) is 0 Å². The molecule has 9 heteroatoms. The molecular weight excluding hydrogens is 471 g/mol. The molecule has 0 radical (unpaired) electrons. The Kier molecular flexibility index (Phi) is 6.68. The fourth-order valence-corrected chi connectivity index (χ4v) is 5.64. The minimum atomic E-state index is -4.47. The molecule has 1 saturated carbocycles. The highest BCUT2D eigenvalue weighted by molar-refractivity contribution is 6.06. The number of alkyl halides is 3. The van der Waals surface area contributed by atoms with Crippen molar-refractivity contribution in [1.82, 2.24) is 4.90 Å². The van der Waals surface area contributed by atoms with Crippen molar-refractivity contribution in [2.24, 2.45) is 5.92 Å². The zero-order valence-electron chi connectivity index (χ0n) is 20.0. The number of nitrogens with zero attached hydrogens (tertiary/aromatic N) is 3. The fourth-order valence-electron chi connectivity index (χ4n) is 5.64. The number of carboxylic acid groups (broad SMARTS) is 1. The topological polar surface area (TPSA) is 64.1 Å². The summed E-state index contributed by atoms with van der Waals surface area (Å²) in [5.41, 5.74) is 1.70. The van der Waals surface area contributed by atoms with Crippen molar-refractivity contribution in [1.29, 1.82) is 0 Å². The van der Waals surface area contributed by atoms with E-state index in [1.807, 2.05) is 29.2 Å². The van der Waals surface area contributed by atoms with Crippen LogP contribution in [-0.4, -0.2) is 48.2 Å². The van der Waals surface area contributed by atoms with Gasteiger partial charge >= 0.3 is 18.2 Å². The van der Waals surface area contributed by atoms with Crippen LogP contribution in [0.2, 0.25) is 0 Å². The molecule has 0 aromatic heterocycles. The van der Waals surface area contributed by atoms with Gasteiger partial charge < -0.3 is 5.11 Å². The van der Waals surface area contributed by atoms with Crippen molar-refractivity contribution < 1.29 is 27.9 Å². The lowest BCUT2D eigenvalue weighted by atomic mass is 9.82. The van der Waals surface area contributed by atoms with Crippen molar-refractivity contribution in [2.45, 2.75) is 50.7 Å². The first kappa shape index (κ1) is 24.6. The first-order valence-corrected chi connectivity index (χ1v) is 12.5. The number of hydrogen-bond donors (Lipinski definition) is 1. The largest absolute Gasteiger partial charge is 0.481 e. The van der Waals surface area contributed by atoms with Crippen LogP contribution < -0.4 is 9.80 Å². The summed E-state index contributed by atoms with van der Waals surface area (Å²) in [4.78, 5) is 29.2. The molecule has 2 saturated heterocycles. The molecule has 2 heterocycles. The molecule has 2 amide bonds. The van der Waals surface area contributed by atoms with Gasteiger partial charge in [-0.05, 0) is 54.2 Å². The summed E-state index contributed by atoms with van der Waals surface area (Å²) < 4.78 is 41.9. The van der Waals surface area contributed by atoms with E-state index in [-0.39, 0.29) is 23.6 Å². The maximum atomic E-state index is 14.0. The molecule has 0 bridgehead atoms. The Bertz CT molecular complexity index is 1120. The molecule has 0 atom stereocenters. The van der Waals surface area contributed by atoms with E-state index in [1.165, 1.54) is 4.90 Å². The Labute approximate surface area is 208 Å². The third kappa shape index (κ3) is 4.93. The second-order valence-corrected chi connectivity index (χ2v) is 10.1. The van der Waals surface area contributed by atoms with E-state index in [4.69, 9.17) is 5.11 Å². The SMILES string of the molecule is O=C(O)C1CN(Cc2ccc(N3CCN(c4ccc(C5CCCCC5)c(C(F)(F)F)c4)C3=O)cc2)C1. The first-order valence-electron chi connectivity index (χ1n) is 12.5. The maximum absolute atomic E-state index is 14.0. The standard InChI is InChI=1S/C27H30F3N3O3/c28-27(29,30)24-14-22(10-11-23(24)19-4-2-1-3-5-19)33-13-12-32(26(33)36)21-8-6-18(7-9-21)15-31-16-20(17-31)25(34)35/h6-11,14,19-20H,1-5,12-13,15-17H2,(H,34,35). The van der Waals surface area contributed by atoms with Gasteiger partial charge in [-0.25, -0.2) is 4.79 Å². The molecular formula is C27H30F3N3O3. The van der Waals surface area contributed by atoms with E-state index >= 15 is 0 Å². The lowest BCUT2D eigenvalue weighted by Crippen LogP contribution is -2.49. The van der Waals surface area contributed by atoms with Gasteiger partial charge in [-0.15, -0.1) is 0 Å². The van der Waals surface area contributed by atoms with Crippen LogP contribution in [0.3, 0.4) is 0 Å². The van der Waals surface area contributed by atoms with Crippen LogP contribution in [0.5, 0.6) is 0 Å². The molecule has 3 fully saturated rings. The minimum absolute atomic E-state index is 0.0833. The van der Waals surface area contributed by atoms with Gasteiger partial charge in [-0.2, -0.15) is 13.2 Å². The number of carbonyl (C=O) groups excluding carboxylic acids is 1. The number of rotatable bonds is 6. The van der Waals surface area contributed by atoms with E-state index < -0.39 is 17.7 Å². The predicted octanol–water partition coefficient (Wildman–Crippen LogP) is 5.72. The number of carboxylic acids is 1. The van der Waals surface area contributed by atoms with Gasteiger partial charge in [-0.1, -0.05) is 37.5 Å². The summed E-state index contributed by atoms with van der Waals surface area (Å²) in [6.45, 7) is 2.38. The molecule has 2 aliphatic heterocycles. The van der Waals surface area contributed by atoms with E-state index in [9.17, 15) is 22.8 Å². The number of aliphatic carboxylic acids is 1. The molecule has 0 unspecified atom stereocenters. The fraction of sp³-hybridized carbons (Fsp3) is 0.481. The zero-order chi connectivity index (χ0) is 25.4.